The van der Waals surface area contributed by atoms with Crippen molar-refractivity contribution in [2.75, 3.05) is 19.6 Å². The number of amides is 1. The number of piperidine rings is 1. The Morgan fingerprint density at radius 2 is 2.14 bits per heavy atom. The van der Waals surface area contributed by atoms with E-state index >= 15 is 0 Å². The minimum Gasteiger partial charge on any atom is -0.466 e. The van der Waals surface area contributed by atoms with E-state index in [-0.39, 0.29) is 11.9 Å². The number of carbonyl (C=O) groups excluding carboxylic acids is 1. The number of hydrogen-bond donors (Lipinski definition) is 1. The van der Waals surface area contributed by atoms with Crippen LogP contribution in [0.2, 0.25) is 0 Å². The van der Waals surface area contributed by atoms with Gasteiger partial charge < -0.3 is 19.2 Å². The maximum absolute atomic E-state index is 13.2. The molecule has 3 aromatic heterocycles. The molecular weight excluding hydrogens is 356 g/mol. The second-order valence-electron chi connectivity index (χ2n) is 7.54. The number of rotatable bonds is 4. The van der Waals surface area contributed by atoms with Gasteiger partial charge in [-0.15, -0.1) is 0 Å². The molecule has 0 saturated carbocycles. The lowest BCUT2D eigenvalue weighted by Gasteiger charge is -2.32. The van der Waals surface area contributed by atoms with E-state index in [0.717, 1.165) is 49.6 Å². The summed E-state index contributed by atoms with van der Waals surface area (Å²) in [6.07, 6.45) is 2.08. The highest BCUT2D eigenvalue weighted by Gasteiger charge is 2.25. The number of nitrogens with zero attached hydrogens (tertiary/aromatic N) is 3. The first-order valence-electron chi connectivity index (χ1n) is 9.84. The van der Waals surface area contributed by atoms with Crippen LogP contribution < -0.4 is 5.32 Å². The molecule has 4 heterocycles. The first-order chi connectivity index (χ1) is 13.5. The summed E-state index contributed by atoms with van der Waals surface area (Å²) in [7, 11) is 0. The first-order valence-corrected chi connectivity index (χ1v) is 9.84. The minimum atomic E-state index is -0.110. The number of furan rings is 1. The Morgan fingerprint density at radius 3 is 2.86 bits per heavy atom. The van der Waals surface area contributed by atoms with Crippen molar-refractivity contribution >= 4 is 17.0 Å². The van der Waals surface area contributed by atoms with E-state index in [1.165, 1.54) is 0 Å². The van der Waals surface area contributed by atoms with E-state index in [0.29, 0.717) is 28.1 Å². The maximum Gasteiger partial charge on any atom is 0.259 e. The van der Waals surface area contributed by atoms with Crippen molar-refractivity contribution in [2.24, 2.45) is 0 Å². The quantitative estimate of drug-likeness (QED) is 0.742. The van der Waals surface area contributed by atoms with Gasteiger partial charge in [-0.3, -0.25) is 4.79 Å². The third kappa shape index (κ3) is 3.42. The zero-order valence-corrected chi connectivity index (χ0v) is 16.8. The molecule has 1 fully saturated rings. The lowest BCUT2D eigenvalue weighted by Crippen LogP contribution is -2.47. The van der Waals surface area contributed by atoms with Crippen molar-refractivity contribution in [2.45, 2.75) is 46.6 Å². The Kier molecular flexibility index (Phi) is 4.93. The Labute approximate surface area is 164 Å². The molecule has 0 bridgehead atoms. The summed E-state index contributed by atoms with van der Waals surface area (Å²) >= 11 is 0. The summed E-state index contributed by atoms with van der Waals surface area (Å²) in [6.45, 7) is 10.7. The SMILES string of the molecule is CCN1CCC[C@@H](NC(=O)c2cc(-c3cc(C)oc3C)nc3onc(C)c23)C1. The molecule has 1 aliphatic heterocycles. The smallest absolute Gasteiger partial charge is 0.259 e. The van der Waals surface area contributed by atoms with Gasteiger partial charge in [-0.2, -0.15) is 0 Å². The highest BCUT2D eigenvalue weighted by atomic mass is 16.5. The van der Waals surface area contributed by atoms with Gasteiger partial charge in [0.25, 0.3) is 11.6 Å². The van der Waals surface area contributed by atoms with Crippen LogP contribution in [-0.2, 0) is 0 Å². The highest BCUT2D eigenvalue weighted by Crippen LogP contribution is 2.30. The molecule has 1 atom stereocenters. The van der Waals surface area contributed by atoms with Crippen LogP contribution >= 0.6 is 0 Å². The third-order valence-corrected chi connectivity index (χ3v) is 5.47. The average Bonchev–Trinajstić information content (AvgIpc) is 3.22. The molecule has 1 aliphatic rings. The van der Waals surface area contributed by atoms with Crippen LogP contribution in [0.25, 0.3) is 22.4 Å². The van der Waals surface area contributed by atoms with E-state index < -0.39 is 0 Å². The lowest BCUT2D eigenvalue weighted by molar-refractivity contribution is 0.0907. The second kappa shape index (κ2) is 7.39. The van der Waals surface area contributed by atoms with Gasteiger partial charge in [0.15, 0.2) is 0 Å². The molecule has 7 nitrogen and oxygen atoms in total. The third-order valence-electron chi connectivity index (χ3n) is 5.47. The van der Waals surface area contributed by atoms with Gasteiger partial charge in [0.2, 0.25) is 0 Å². The zero-order valence-electron chi connectivity index (χ0n) is 16.8. The summed E-state index contributed by atoms with van der Waals surface area (Å²) in [4.78, 5) is 20.1. The number of carbonyl (C=O) groups is 1. The fourth-order valence-electron chi connectivity index (χ4n) is 4.02. The lowest BCUT2D eigenvalue weighted by atomic mass is 10.0. The molecule has 0 aliphatic carbocycles. The topological polar surface area (TPSA) is 84.4 Å². The Hall–Kier alpha value is -2.67. The number of likely N-dealkylation sites (tertiary alicyclic amines) is 1. The van der Waals surface area contributed by atoms with Crippen molar-refractivity contribution in [3.8, 4) is 11.3 Å². The number of aromatic nitrogens is 2. The number of likely N-dealkylation sites (N-methyl/N-ethyl adjacent to an activating group) is 1. The van der Waals surface area contributed by atoms with Crippen molar-refractivity contribution in [1.29, 1.82) is 0 Å². The highest BCUT2D eigenvalue weighted by molar-refractivity contribution is 6.07. The summed E-state index contributed by atoms with van der Waals surface area (Å²) < 4.78 is 11.0. The molecular formula is C21H26N4O3. The average molecular weight is 382 g/mol. The van der Waals surface area contributed by atoms with Crippen LogP contribution in [-0.4, -0.2) is 46.6 Å². The molecule has 4 rings (SSSR count). The molecule has 1 saturated heterocycles. The molecule has 1 N–H and O–H groups in total. The zero-order chi connectivity index (χ0) is 19.8. The molecule has 7 heteroatoms. The molecule has 148 valence electrons. The van der Waals surface area contributed by atoms with Crippen LogP contribution in [0.5, 0.6) is 0 Å². The number of nitrogens with one attached hydrogen (secondary N) is 1. The summed E-state index contributed by atoms with van der Waals surface area (Å²) in [5, 5.41) is 7.90. The molecule has 28 heavy (non-hydrogen) atoms. The van der Waals surface area contributed by atoms with Crippen molar-refractivity contribution in [1.82, 2.24) is 20.4 Å². The van der Waals surface area contributed by atoms with Gasteiger partial charge in [-0.05, 0) is 58.8 Å². The molecule has 1 amide bonds. The Balaban J connectivity index is 1.71. The second-order valence-corrected chi connectivity index (χ2v) is 7.54. The van der Waals surface area contributed by atoms with Crippen molar-refractivity contribution in [3.63, 3.8) is 0 Å². The number of fused-ring (bicyclic) bond motifs is 1. The van der Waals surface area contributed by atoms with E-state index in [2.05, 4.69) is 27.3 Å². The first kappa shape index (κ1) is 18.7. The number of aryl methyl sites for hydroxylation is 3. The largest absolute Gasteiger partial charge is 0.466 e. The van der Waals surface area contributed by atoms with Crippen LogP contribution in [0.3, 0.4) is 0 Å². The molecule has 0 unspecified atom stereocenters. The summed E-state index contributed by atoms with van der Waals surface area (Å²) in [5.74, 6) is 1.45. The van der Waals surface area contributed by atoms with Gasteiger partial charge in [-0.1, -0.05) is 12.1 Å². The monoisotopic (exact) mass is 382 g/mol. The predicted octanol–water partition coefficient (Wildman–Crippen LogP) is 3.62. The maximum atomic E-state index is 13.2. The summed E-state index contributed by atoms with van der Waals surface area (Å²) in [5.41, 5.74) is 3.10. The number of hydrogen-bond acceptors (Lipinski definition) is 6. The van der Waals surface area contributed by atoms with Gasteiger partial charge in [-0.25, -0.2) is 4.98 Å². The molecule has 0 radical (unpaired) electrons. The standard InChI is InChI=1S/C21H26N4O3/c1-5-25-8-6-7-15(11-25)22-20(26)17-10-18(16-9-12(2)27-14(16)4)23-21-19(17)13(3)24-28-21/h9-10,15H,5-8,11H2,1-4H3,(H,22,26)/t15-/m1/s1. The normalized spacial score (nSPS) is 17.9. The minimum absolute atomic E-state index is 0.110. The molecule has 0 spiro atoms. The Bertz CT molecular complexity index is 1020. The van der Waals surface area contributed by atoms with Crippen LogP contribution in [0.4, 0.5) is 0 Å². The van der Waals surface area contributed by atoms with Gasteiger partial charge >= 0.3 is 0 Å². The molecule has 0 aromatic carbocycles. The van der Waals surface area contributed by atoms with Crippen LogP contribution in [0.1, 0.15) is 47.3 Å². The molecule has 3 aromatic rings. The van der Waals surface area contributed by atoms with Gasteiger partial charge in [0.05, 0.1) is 22.3 Å². The van der Waals surface area contributed by atoms with Gasteiger partial charge in [0, 0.05) is 18.2 Å². The fraction of sp³-hybridized carbons (Fsp3) is 0.476. The van der Waals surface area contributed by atoms with E-state index in [1.54, 1.807) is 0 Å². The van der Waals surface area contributed by atoms with Crippen molar-refractivity contribution in [3.05, 3.63) is 34.9 Å². The van der Waals surface area contributed by atoms with Crippen LogP contribution in [0, 0.1) is 20.8 Å². The van der Waals surface area contributed by atoms with E-state index in [4.69, 9.17) is 8.94 Å². The number of pyridine rings is 1. The predicted molar refractivity (Wildman–Crippen MR) is 106 cm³/mol. The van der Waals surface area contributed by atoms with Gasteiger partial charge in [0.1, 0.15) is 11.5 Å². The fourth-order valence-corrected chi connectivity index (χ4v) is 4.02. The van der Waals surface area contributed by atoms with E-state index in [1.807, 2.05) is 32.9 Å². The van der Waals surface area contributed by atoms with Crippen molar-refractivity contribution < 1.29 is 13.7 Å². The van der Waals surface area contributed by atoms with E-state index in [9.17, 15) is 4.79 Å². The Morgan fingerprint density at radius 1 is 1.32 bits per heavy atom. The van der Waals surface area contributed by atoms with Crippen LogP contribution in [0.15, 0.2) is 21.1 Å². The summed E-state index contributed by atoms with van der Waals surface area (Å²) in [6, 6.07) is 3.89.